The predicted molar refractivity (Wildman–Crippen MR) is 102 cm³/mol. The van der Waals surface area contributed by atoms with E-state index >= 15 is 0 Å². The van der Waals surface area contributed by atoms with E-state index in [1.165, 1.54) is 0 Å². The van der Waals surface area contributed by atoms with Crippen molar-refractivity contribution in [3.05, 3.63) is 29.8 Å². The standard InChI is InChI=1S/C17H30N4OS/c1-5-18-17(19-10-13-23-4)20-14-15-8-6-7-9-16(15)22-12-11-21(2)3/h6-9H,5,10-14H2,1-4H3,(H2,18,19,20). The van der Waals surface area contributed by atoms with Crippen molar-refractivity contribution < 1.29 is 4.74 Å². The lowest BCUT2D eigenvalue weighted by atomic mass is 10.2. The van der Waals surface area contributed by atoms with Gasteiger partial charge in [0.2, 0.25) is 0 Å². The first-order valence-corrected chi connectivity index (χ1v) is 9.43. The zero-order chi connectivity index (χ0) is 16.9. The third-order valence-corrected chi connectivity index (χ3v) is 3.73. The Morgan fingerprint density at radius 3 is 2.74 bits per heavy atom. The van der Waals surface area contributed by atoms with Gasteiger partial charge < -0.3 is 20.3 Å². The summed E-state index contributed by atoms with van der Waals surface area (Å²) in [6, 6.07) is 8.10. The molecule has 0 amide bonds. The molecule has 0 saturated carbocycles. The number of para-hydroxylation sites is 1. The van der Waals surface area contributed by atoms with E-state index in [4.69, 9.17) is 4.74 Å². The fourth-order valence-electron chi connectivity index (χ4n) is 1.89. The molecule has 0 saturated heterocycles. The van der Waals surface area contributed by atoms with Gasteiger partial charge in [-0.2, -0.15) is 11.8 Å². The van der Waals surface area contributed by atoms with E-state index in [1.807, 2.05) is 44.1 Å². The highest BCUT2D eigenvalue weighted by atomic mass is 32.2. The minimum absolute atomic E-state index is 0.604. The third-order valence-electron chi connectivity index (χ3n) is 3.12. The molecule has 0 aromatic heterocycles. The van der Waals surface area contributed by atoms with E-state index in [9.17, 15) is 0 Å². The highest BCUT2D eigenvalue weighted by Crippen LogP contribution is 2.18. The predicted octanol–water partition coefficient (Wildman–Crippen LogP) is 2.05. The van der Waals surface area contributed by atoms with Crippen LogP contribution >= 0.6 is 11.8 Å². The normalized spacial score (nSPS) is 11.6. The SMILES string of the molecule is CCNC(=NCc1ccccc1OCCN(C)C)NCCSC. The maximum Gasteiger partial charge on any atom is 0.191 e. The number of thioether (sulfide) groups is 1. The molecule has 23 heavy (non-hydrogen) atoms. The number of ether oxygens (including phenoxy) is 1. The number of guanidine groups is 1. The number of aliphatic imine (C=N–C) groups is 1. The van der Waals surface area contributed by atoms with E-state index < -0.39 is 0 Å². The molecule has 0 atom stereocenters. The Morgan fingerprint density at radius 2 is 2.04 bits per heavy atom. The number of likely N-dealkylation sites (N-methyl/N-ethyl adjacent to an activating group) is 1. The first-order valence-electron chi connectivity index (χ1n) is 8.04. The van der Waals surface area contributed by atoms with Crippen LogP contribution in [-0.2, 0) is 6.54 Å². The molecule has 1 rings (SSSR count). The van der Waals surface area contributed by atoms with Gasteiger partial charge in [0.15, 0.2) is 5.96 Å². The first-order chi connectivity index (χ1) is 11.2. The Hall–Kier alpha value is -1.40. The fourth-order valence-corrected chi connectivity index (χ4v) is 2.20. The van der Waals surface area contributed by atoms with Crippen molar-refractivity contribution >= 4 is 17.7 Å². The minimum atomic E-state index is 0.604. The van der Waals surface area contributed by atoms with Gasteiger partial charge >= 0.3 is 0 Å². The second kappa shape index (κ2) is 12.1. The highest BCUT2D eigenvalue weighted by molar-refractivity contribution is 7.98. The second-order valence-corrected chi connectivity index (χ2v) is 6.36. The number of hydrogen-bond acceptors (Lipinski definition) is 4. The molecule has 6 heteroatoms. The summed E-state index contributed by atoms with van der Waals surface area (Å²) in [5, 5.41) is 6.61. The lowest BCUT2D eigenvalue weighted by Crippen LogP contribution is -2.38. The molecule has 0 unspecified atom stereocenters. The average molecular weight is 339 g/mol. The van der Waals surface area contributed by atoms with Crippen LogP contribution in [0.4, 0.5) is 0 Å². The molecule has 0 bridgehead atoms. The van der Waals surface area contributed by atoms with Crippen LogP contribution in [0.25, 0.3) is 0 Å². The maximum absolute atomic E-state index is 5.88. The van der Waals surface area contributed by atoms with Crippen molar-refractivity contribution in [1.82, 2.24) is 15.5 Å². The first kappa shape index (κ1) is 19.6. The smallest absolute Gasteiger partial charge is 0.191 e. The van der Waals surface area contributed by atoms with Gasteiger partial charge in [-0.3, -0.25) is 0 Å². The van der Waals surface area contributed by atoms with E-state index in [0.717, 1.165) is 42.7 Å². The molecule has 0 radical (unpaired) electrons. The van der Waals surface area contributed by atoms with Crippen molar-refractivity contribution in [2.75, 3.05) is 52.3 Å². The van der Waals surface area contributed by atoms with Gasteiger partial charge in [-0.15, -0.1) is 0 Å². The van der Waals surface area contributed by atoms with Gasteiger partial charge in [0.1, 0.15) is 12.4 Å². The molecular weight excluding hydrogens is 308 g/mol. The Bertz CT molecular complexity index is 466. The molecule has 0 spiro atoms. The number of nitrogens with one attached hydrogen (secondary N) is 2. The Labute approximate surface area is 144 Å². The van der Waals surface area contributed by atoms with Crippen LogP contribution in [0, 0.1) is 0 Å². The van der Waals surface area contributed by atoms with Crippen molar-refractivity contribution in [1.29, 1.82) is 0 Å². The minimum Gasteiger partial charge on any atom is -0.492 e. The molecule has 0 aliphatic rings. The average Bonchev–Trinajstić information content (AvgIpc) is 2.53. The molecule has 0 aliphatic heterocycles. The Kier molecular flexibility index (Phi) is 10.3. The van der Waals surface area contributed by atoms with E-state index in [1.54, 1.807) is 0 Å². The van der Waals surface area contributed by atoms with E-state index in [0.29, 0.717) is 13.2 Å². The summed E-state index contributed by atoms with van der Waals surface area (Å²) in [5.74, 6) is 2.83. The number of nitrogens with zero attached hydrogens (tertiary/aromatic N) is 2. The Morgan fingerprint density at radius 1 is 1.26 bits per heavy atom. The monoisotopic (exact) mass is 338 g/mol. The van der Waals surface area contributed by atoms with Gasteiger partial charge in [0.05, 0.1) is 6.54 Å². The van der Waals surface area contributed by atoms with Gasteiger partial charge in [-0.25, -0.2) is 4.99 Å². The summed E-state index contributed by atoms with van der Waals surface area (Å²) in [7, 11) is 4.09. The summed E-state index contributed by atoms with van der Waals surface area (Å²) in [4.78, 5) is 6.76. The van der Waals surface area contributed by atoms with Crippen LogP contribution < -0.4 is 15.4 Å². The van der Waals surface area contributed by atoms with Crippen molar-refractivity contribution in [2.24, 2.45) is 4.99 Å². The molecule has 2 N–H and O–H groups in total. The summed E-state index contributed by atoms with van der Waals surface area (Å²) in [6.07, 6.45) is 2.10. The number of rotatable bonds is 10. The largest absolute Gasteiger partial charge is 0.492 e. The van der Waals surface area contributed by atoms with Crippen LogP contribution in [-0.4, -0.2) is 63.2 Å². The van der Waals surface area contributed by atoms with Crippen LogP contribution in [0.2, 0.25) is 0 Å². The molecule has 1 aromatic rings. The summed E-state index contributed by atoms with van der Waals surface area (Å²) < 4.78 is 5.88. The fraction of sp³-hybridized carbons (Fsp3) is 0.588. The Balaban J connectivity index is 2.63. The van der Waals surface area contributed by atoms with Gasteiger partial charge in [-0.05, 0) is 33.3 Å². The summed E-state index contributed by atoms with van der Waals surface area (Å²) in [5.41, 5.74) is 1.10. The van der Waals surface area contributed by atoms with Crippen LogP contribution in [0.3, 0.4) is 0 Å². The van der Waals surface area contributed by atoms with Crippen LogP contribution in [0.5, 0.6) is 5.75 Å². The summed E-state index contributed by atoms with van der Waals surface area (Å²) in [6.45, 7) is 6.02. The topological polar surface area (TPSA) is 48.9 Å². The van der Waals surface area contributed by atoms with Crippen molar-refractivity contribution in [2.45, 2.75) is 13.5 Å². The molecule has 0 aliphatic carbocycles. The molecule has 5 nitrogen and oxygen atoms in total. The van der Waals surface area contributed by atoms with Crippen molar-refractivity contribution in [3.8, 4) is 5.75 Å². The lowest BCUT2D eigenvalue weighted by molar-refractivity contribution is 0.259. The van der Waals surface area contributed by atoms with Gasteiger partial charge in [0.25, 0.3) is 0 Å². The van der Waals surface area contributed by atoms with E-state index in [-0.39, 0.29) is 0 Å². The van der Waals surface area contributed by atoms with Crippen LogP contribution in [0.15, 0.2) is 29.3 Å². The quantitative estimate of drug-likeness (QED) is 0.388. The van der Waals surface area contributed by atoms with Gasteiger partial charge in [-0.1, -0.05) is 18.2 Å². The van der Waals surface area contributed by atoms with Crippen molar-refractivity contribution in [3.63, 3.8) is 0 Å². The zero-order valence-corrected chi connectivity index (χ0v) is 15.6. The second-order valence-electron chi connectivity index (χ2n) is 5.37. The number of hydrogen-bond donors (Lipinski definition) is 2. The number of benzene rings is 1. The lowest BCUT2D eigenvalue weighted by Gasteiger charge is -2.14. The molecular formula is C17H30N4OS. The van der Waals surface area contributed by atoms with E-state index in [2.05, 4.69) is 39.8 Å². The molecule has 0 fully saturated rings. The van der Waals surface area contributed by atoms with Crippen LogP contribution in [0.1, 0.15) is 12.5 Å². The molecule has 1 aromatic carbocycles. The third kappa shape index (κ3) is 8.71. The van der Waals surface area contributed by atoms with Gasteiger partial charge in [0, 0.05) is 31.0 Å². The summed E-state index contributed by atoms with van der Waals surface area (Å²) >= 11 is 1.82. The maximum atomic E-state index is 5.88. The molecule has 130 valence electrons. The molecule has 0 heterocycles. The zero-order valence-electron chi connectivity index (χ0n) is 14.8. The highest BCUT2D eigenvalue weighted by Gasteiger charge is 2.04.